The number of anilines is 1. The third-order valence-electron chi connectivity index (χ3n) is 6.60. The SMILES string of the molecule is COC1CCC(Oc2ccc3cc(NC(=O)c4c[nH]c5ccccc45)c(=O)oc3c2C)OC1(C)C. The first kappa shape index (κ1) is 23.1. The molecule has 2 unspecified atom stereocenters. The van der Waals surface area contributed by atoms with Gasteiger partial charge in [0.05, 0.1) is 17.3 Å². The van der Waals surface area contributed by atoms with Crippen LogP contribution >= 0.6 is 0 Å². The van der Waals surface area contributed by atoms with E-state index in [1.165, 1.54) is 0 Å². The summed E-state index contributed by atoms with van der Waals surface area (Å²) in [5, 5.41) is 4.14. The van der Waals surface area contributed by atoms with Gasteiger partial charge in [0, 0.05) is 41.6 Å². The molecular weight excluding hydrogens is 448 g/mol. The third-order valence-corrected chi connectivity index (χ3v) is 6.60. The standard InChI is InChI=1S/C27H28N2O6/c1-15-21(33-23-12-11-22(32-4)27(2,3)35-23)10-9-16-13-20(26(31)34-24(15)16)29-25(30)18-14-28-19-8-6-5-7-17(18)19/h5-10,13-14,22-23,28H,11-12H2,1-4H3,(H,29,30). The van der Waals surface area contributed by atoms with Gasteiger partial charge in [0.1, 0.15) is 17.0 Å². The molecule has 1 saturated heterocycles. The number of carbonyl (C=O) groups excluding carboxylic acids is 1. The van der Waals surface area contributed by atoms with Gasteiger partial charge in [-0.05, 0) is 51.5 Å². The maximum absolute atomic E-state index is 12.9. The van der Waals surface area contributed by atoms with Gasteiger partial charge in [0.25, 0.3) is 5.91 Å². The average Bonchev–Trinajstić information content (AvgIpc) is 3.26. The van der Waals surface area contributed by atoms with Crippen LogP contribution in [0.15, 0.2) is 57.9 Å². The van der Waals surface area contributed by atoms with Crippen molar-refractivity contribution in [2.45, 2.75) is 51.6 Å². The summed E-state index contributed by atoms with van der Waals surface area (Å²) >= 11 is 0. The van der Waals surface area contributed by atoms with Crippen molar-refractivity contribution in [3.8, 4) is 5.75 Å². The second kappa shape index (κ2) is 8.87. The van der Waals surface area contributed by atoms with Crippen molar-refractivity contribution in [3.05, 3.63) is 70.2 Å². The molecule has 0 spiro atoms. The Balaban J connectivity index is 1.39. The minimum absolute atomic E-state index is 0.00374. The largest absolute Gasteiger partial charge is 0.465 e. The molecule has 8 heteroatoms. The number of para-hydroxylation sites is 1. The Hall–Kier alpha value is -3.62. The van der Waals surface area contributed by atoms with E-state index in [0.29, 0.717) is 34.3 Å². The van der Waals surface area contributed by atoms with E-state index in [9.17, 15) is 9.59 Å². The van der Waals surface area contributed by atoms with Gasteiger partial charge in [0.15, 0.2) is 0 Å². The number of nitrogens with one attached hydrogen (secondary N) is 2. The smallest absolute Gasteiger partial charge is 0.360 e. The first-order chi connectivity index (χ1) is 16.8. The van der Waals surface area contributed by atoms with E-state index in [1.807, 2.05) is 51.1 Å². The van der Waals surface area contributed by atoms with E-state index < -0.39 is 23.4 Å². The van der Waals surface area contributed by atoms with Gasteiger partial charge < -0.3 is 28.9 Å². The fourth-order valence-electron chi connectivity index (χ4n) is 4.70. The van der Waals surface area contributed by atoms with Gasteiger partial charge in [-0.25, -0.2) is 4.79 Å². The Morgan fingerprint density at radius 1 is 1.17 bits per heavy atom. The molecule has 4 aromatic rings. The van der Waals surface area contributed by atoms with E-state index in [-0.39, 0.29) is 11.8 Å². The number of hydrogen-bond donors (Lipinski definition) is 2. The monoisotopic (exact) mass is 476 g/mol. The number of H-pyrrole nitrogens is 1. The Morgan fingerprint density at radius 3 is 2.74 bits per heavy atom. The van der Waals surface area contributed by atoms with E-state index in [4.69, 9.17) is 18.6 Å². The summed E-state index contributed by atoms with van der Waals surface area (Å²) in [7, 11) is 1.68. The third kappa shape index (κ3) is 4.31. The normalized spacial score (nSPS) is 19.7. The number of fused-ring (bicyclic) bond motifs is 2. The predicted molar refractivity (Wildman–Crippen MR) is 133 cm³/mol. The summed E-state index contributed by atoms with van der Waals surface area (Å²) in [4.78, 5) is 28.7. The highest BCUT2D eigenvalue weighted by Gasteiger charge is 2.39. The fourth-order valence-corrected chi connectivity index (χ4v) is 4.70. The first-order valence-corrected chi connectivity index (χ1v) is 11.6. The quantitative estimate of drug-likeness (QED) is 0.387. The molecule has 2 atom stereocenters. The van der Waals surface area contributed by atoms with Gasteiger partial charge in [-0.3, -0.25) is 4.79 Å². The molecule has 8 nitrogen and oxygen atoms in total. The van der Waals surface area contributed by atoms with Crippen LogP contribution < -0.4 is 15.7 Å². The molecule has 0 saturated carbocycles. The molecule has 2 N–H and O–H groups in total. The number of rotatable bonds is 5. The summed E-state index contributed by atoms with van der Waals surface area (Å²) < 4.78 is 23.4. The predicted octanol–water partition coefficient (Wildman–Crippen LogP) is 5.14. The summed E-state index contributed by atoms with van der Waals surface area (Å²) in [5.74, 6) is 0.185. The van der Waals surface area contributed by atoms with Crippen LogP contribution in [-0.2, 0) is 9.47 Å². The van der Waals surface area contributed by atoms with E-state index in [0.717, 1.165) is 17.3 Å². The van der Waals surface area contributed by atoms with Crippen LogP contribution in [0, 0.1) is 6.92 Å². The van der Waals surface area contributed by atoms with E-state index >= 15 is 0 Å². The number of aromatic amines is 1. The summed E-state index contributed by atoms with van der Waals surface area (Å²) in [6.45, 7) is 5.79. The molecule has 5 rings (SSSR count). The Labute approximate surface area is 202 Å². The highest BCUT2D eigenvalue weighted by atomic mass is 16.7. The summed E-state index contributed by atoms with van der Waals surface area (Å²) in [6.07, 6.45) is 2.68. The summed E-state index contributed by atoms with van der Waals surface area (Å²) in [6, 6.07) is 12.7. The van der Waals surface area contributed by atoms with E-state index in [1.54, 1.807) is 25.4 Å². The molecule has 2 aromatic carbocycles. The molecule has 0 radical (unpaired) electrons. The maximum Gasteiger partial charge on any atom is 0.360 e. The molecular formula is C27H28N2O6. The molecule has 1 amide bonds. The zero-order valence-corrected chi connectivity index (χ0v) is 20.1. The second-order valence-electron chi connectivity index (χ2n) is 9.33. The second-order valence-corrected chi connectivity index (χ2v) is 9.33. The molecule has 35 heavy (non-hydrogen) atoms. The average molecular weight is 477 g/mol. The lowest BCUT2D eigenvalue weighted by molar-refractivity contribution is -0.233. The molecule has 0 aliphatic carbocycles. The number of methoxy groups -OCH3 is 1. The van der Waals surface area contributed by atoms with Crippen molar-refractivity contribution in [3.63, 3.8) is 0 Å². The lowest BCUT2D eigenvalue weighted by Crippen LogP contribution is -2.49. The zero-order chi connectivity index (χ0) is 24.7. The van der Waals surface area contributed by atoms with Gasteiger partial charge in [-0.15, -0.1) is 0 Å². The Bertz CT molecular complexity index is 1470. The van der Waals surface area contributed by atoms with Crippen molar-refractivity contribution < 1.29 is 23.4 Å². The number of aromatic nitrogens is 1. The number of hydrogen-bond acceptors (Lipinski definition) is 6. The van der Waals surface area contributed by atoms with Gasteiger partial charge in [-0.2, -0.15) is 0 Å². The number of benzene rings is 2. The fraction of sp³-hybridized carbons (Fsp3) is 0.333. The highest BCUT2D eigenvalue weighted by molar-refractivity contribution is 6.13. The molecule has 1 fully saturated rings. The highest BCUT2D eigenvalue weighted by Crippen LogP contribution is 2.34. The maximum atomic E-state index is 12.9. The van der Waals surface area contributed by atoms with Gasteiger partial charge >= 0.3 is 5.63 Å². The molecule has 2 aromatic heterocycles. The summed E-state index contributed by atoms with van der Waals surface area (Å²) in [5.41, 5.74) is 1.34. The van der Waals surface area contributed by atoms with Crippen LogP contribution in [0.5, 0.6) is 5.75 Å². The van der Waals surface area contributed by atoms with Crippen molar-refractivity contribution in [2.24, 2.45) is 0 Å². The first-order valence-electron chi connectivity index (χ1n) is 11.6. The Morgan fingerprint density at radius 2 is 1.97 bits per heavy atom. The van der Waals surface area contributed by atoms with Crippen molar-refractivity contribution in [2.75, 3.05) is 12.4 Å². The van der Waals surface area contributed by atoms with Crippen LogP contribution in [-0.4, -0.2) is 36.0 Å². The molecule has 182 valence electrons. The number of aryl methyl sites for hydroxylation is 1. The number of ether oxygens (including phenoxy) is 3. The molecule has 1 aliphatic rings. The van der Waals surface area contributed by atoms with Crippen LogP contribution in [0.2, 0.25) is 0 Å². The van der Waals surface area contributed by atoms with Crippen LogP contribution in [0.1, 0.15) is 42.6 Å². The van der Waals surface area contributed by atoms with Crippen LogP contribution in [0.3, 0.4) is 0 Å². The molecule has 0 bridgehead atoms. The number of carbonyl (C=O) groups is 1. The zero-order valence-electron chi connectivity index (χ0n) is 20.1. The van der Waals surface area contributed by atoms with Crippen molar-refractivity contribution in [1.82, 2.24) is 4.98 Å². The van der Waals surface area contributed by atoms with Gasteiger partial charge in [0.2, 0.25) is 6.29 Å². The van der Waals surface area contributed by atoms with Crippen LogP contribution in [0.25, 0.3) is 21.9 Å². The molecule has 1 aliphatic heterocycles. The number of amides is 1. The van der Waals surface area contributed by atoms with Crippen molar-refractivity contribution >= 4 is 33.5 Å². The van der Waals surface area contributed by atoms with E-state index in [2.05, 4.69) is 10.3 Å². The van der Waals surface area contributed by atoms with Crippen LogP contribution in [0.4, 0.5) is 5.69 Å². The minimum Gasteiger partial charge on any atom is -0.465 e. The van der Waals surface area contributed by atoms with Crippen molar-refractivity contribution in [1.29, 1.82) is 0 Å². The lowest BCUT2D eigenvalue weighted by atomic mass is 9.94. The Kier molecular flexibility index (Phi) is 5.86. The molecule has 3 heterocycles. The minimum atomic E-state index is -0.635. The lowest BCUT2D eigenvalue weighted by Gasteiger charge is -2.41. The van der Waals surface area contributed by atoms with Gasteiger partial charge in [-0.1, -0.05) is 18.2 Å². The topological polar surface area (TPSA) is 103 Å².